The van der Waals surface area contributed by atoms with E-state index in [1.165, 1.54) is 0 Å². The highest BCUT2D eigenvalue weighted by atomic mass is 16.2. The zero-order chi connectivity index (χ0) is 14.8. The molecule has 19 heavy (non-hydrogen) atoms. The highest BCUT2D eigenvalue weighted by Crippen LogP contribution is 2.13. The predicted molar refractivity (Wildman–Crippen MR) is 77.6 cm³/mol. The fourth-order valence-electron chi connectivity index (χ4n) is 1.92. The Morgan fingerprint density at radius 1 is 1.21 bits per heavy atom. The molecular weight excluding hydrogens is 242 g/mol. The van der Waals surface area contributed by atoms with E-state index < -0.39 is 0 Å². The van der Waals surface area contributed by atoms with E-state index in [0.717, 1.165) is 12.8 Å². The number of amides is 2. The number of nitrogens with zero attached hydrogens (tertiary/aromatic N) is 1. The maximum absolute atomic E-state index is 12.4. The molecule has 0 aliphatic heterocycles. The standard InChI is InChI=1S/C14H29N3O2/c1-5-7-16-13(18)10-17(8-6-2)14(19)12(9-15)11(3)4/h11-12H,5-10,15H2,1-4H3,(H,16,18). The highest BCUT2D eigenvalue weighted by Gasteiger charge is 2.26. The summed E-state index contributed by atoms with van der Waals surface area (Å²) in [7, 11) is 0. The first-order valence-electron chi connectivity index (χ1n) is 7.23. The molecule has 0 spiro atoms. The molecule has 0 heterocycles. The largest absolute Gasteiger partial charge is 0.355 e. The molecule has 0 bridgehead atoms. The minimum Gasteiger partial charge on any atom is -0.355 e. The van der Waals surface area contributed by atoms with E-state index in [1.807, 2.05) is 27.7 Å². The molecule has 0 aliphatic carbocycles. The summed E-state index contributed by atoms with van der Waals surface area (Å²) in [6.45, 7) is 9.67. The first-order valence-corrected chi connectivity index (χ1v) is 7.23. The molecule has 3 N–H and O–H groups in total. The zero-order valence-corrected chi connectivity index (χ0v) is 12.7. The molecule has 5 nitrogen and oxygen atoms in total. The molecule has 0 saturated carbocycles. The predicted octanol–water partition coefficient (Wildman–Crippen LogP) is 0.982. The van der Waals surface area contributed by atoms with E-state index in [2.05, 4.69) is 5.32 Å². The van der Waals surface area contributed by atoms with Crippen LogP contribution in [0, 0.1) is 11.8 Å². The van der Waals surface area contributed by atoms with E-state index in [1.54, 1.807) is 4.90 Å². The lowest BCUT2D eigenvalue weighted by molar-refractivity contribution is -0.140. The van der Waals surface area contributed by atoms with Crippen LogP contribution in [0.5, 0.6) is 0 Å². The molecule has 0 radical (unpaired) electrons. The maximum atomic E-state index is 12.4. The maximum Gasteiger partial charge on any atom is 0.239 e. The smallest absolute Gasteiger partial charge is 0.239 e. The number of carbonyl (C=O) groups is 2. The van der Waals surface area contributed by atoms with Gasteiger partial charge in [-0.25, -0.2) is 0 Å². The molecule has 0 aliphatic rings. The Hall–Kier alpha value is -1.10. The summed E-state index contributed by atoms with van der Waals surface area (Å²) in [5.41, 5.74) is 5.67. The van der Waals surface area contributed by atoms with Gasteiger partial charge in [-0.2, -0.15) is 0 Å². The van der Waals surface area contributed by atoms with Crippen LogP contribution in [0.15, 0.2) is 0 Å². The van der Waals surface area contributed by atoms with Crippen LogP contribution in [-0.2, 0) is 9.59 Å². The van der Waals surface area contributed by atoms with Gasteiger partial charge in [0.1, 0.15) is 0 Å². The van der Waals surface area contributed by atoms with Crippen LogP contribution in [0.2, 0.25) is 0 Å². The molecule has 0 aromatic carbocycles. The number of nitrogens with one attached hydrogen (secondary N) is 1. The van der Waals surface area contributed by atoms with E-state index in [4.69, 9.17) is 5.73 Å². The van der Waals surface area contributed by atoms with Crippen molar-refractivity contribution in [3.05, 3.63) is 0 Å². The van der Waals surface area contributed by atoms with Crippen LogP contribution in [-0.4, -0.2) is 42.9 Å². The van der Waals surface area contributed by atoms with Crippen molar-refractivity contribution in [1.29, 1.82) is 0 Å². The Kier molecular flexibility index (Phi) is 9.21. The van der Waals surface area contributed by atoms with Crippen LogP contribution in [0.25, 0.3) is 0 Å². The van der Waals surface area contributed by atoms with Gasteiger partial charge in [-0.15, -0.1) is 0 Å². The second-order valence-electron chi connectivity index (χ2n) is 5.20. The van der Waals surface area contributed by atoms with Crippen LogP contribution < -0.4 is 11.1 Å². The first kappa shape index (κ1) is 17.9. The second kappa shape index (κ2) is 9.78. The average molecular weight is 271 g/mol. The number of hydrogen-bond acceptors (Lipinski definition) is 3. The van der Waals surface area contributed by atoms with Gasteiger partial charge in [-0.1, -0.05) is 27.7 Å². The lowest BCUT2D eigenvalue weighted by Crippen LogP contribution is -2.46. The van der Waals surface area contributed by atoms with Gasteiger partial charge in [0.15, 0.2) is 0 Å². The van der Waals surface area contributed by atoms with Crippen molar-refractivity contribution in [2.45, 2.75) is 40.5 Å². The van der Waals surface area contributed by atoms with Gasteiger partial charge in [0, 0.05) is 19.6 Å². The highest BCUT2D eigenvalue weighted by molar-refractivity contribution is 5.86. The lowest BCUT2D eigenvalue weighted by atomic mass is 9.94. The summed E-state index contributed by atoms with van der Waals surface area (Å²) in [5, 5.41) is 2.80. The summed E-state index contributed by atoms with van der Waals surface area (Å²) in [6.07, 6.45) is 1.73. The van der Waals surface area contributed by atoms with Gasteiger partial charge >= 0.3 is 0 Å². The SMILES string of the molecule is CCCNC(=O)CN(CCC)C(=O)C(CN)C(C)C. The van der Waals surface area contributed by atoms with Gasteiger partial charge in [0.05, 0.1) is 12.5 Å². The van der Waals surface area contributed by atoms with Crippen LogP contribution in [0.1, 0.15) is 40.5 Å². The minimum atomic E-state index is -0.203. The molecule has 0 aromatic heterocycles. The van der Waals surface area contributed by atoms with E-state index >= 15 is 0 Å². The Bertz CT molecular complexity index is 280. The molecule has 0 rings (SSSR count). The molecular formula is C14H29N3O2. The summed E-state index contributed by atoms with van der Waals surface area (Å²) in [6, 6.07) is 0. The van der Waals surface area contributed by atoms with Crippen molar-refractivity contribution in [2.75, 3.05) is 26.2 Å². The summed E-state index contributed by atoms with van der Waals surface area (Å²) in [4.78, 5) is 25.7. The lowest BCUT2D eigenvalue weighted by Gasteiger charge is -2.28. The number of rotatable bonds is 9. The van der Waals surface area contributed by atoms with Crippen molar-refractivity contribution < 1.29 is 9.59 Å². The van der Waals surface area contributed by atoms with E-state index in [-0.39, 0.29) is 30.2 Å². The molecule has 2 amide bonds. The van der Waals surface area contributed by atoms with Gasteiger partial charge in [-0.05, 0) is 18.8 Å². The summed E-state index contributed by atoms with van der Waals surface area (Å²) >= 11 is 0. The topological polar surface area (TPSA) is 75.4 Å². The second-order valence-corrected chi connectivity index (χ2v) is 5.20. The monoisotopic (exact) mass is 271 g/mol. The molecule has 0 saturated heterocycles. The van der Waals surface area contributed by atoms with Gasteiger partial charge in [-0.3, -0.25) is 9.59 Å². The number of carbonyl (C=O) groups excluding carboxylic acids is 2. The summed E-state index contributed by atoms with van der Waals surface area (Å²) < 4.78 is 0. The van der Waals surface area contributed by atoms with Gasteiger partial charge in [0.25, 0.3) is 0 Å². The van der Waals surface area contributed by atoms with Gasteiger partial charge in [0.2, 0.25) is 11.8 Å². The Morgan fingerprint density at radius 3 is 2.26 bits per heavy atom. The van der Waals surface area contributed by atoms with E-state index in [0.29, 0.717) is 19.6 Å². The van der Waals surface area contributed by atoms with Crippen molar-refractivity contribution in [3.63, 3.8) is 0 Å². The fraction of sp³-hybridized carbons (Fsp3) is 0.857. The van der Waals surface area contributed by atoms with Crippen LogP contribution >= 0.6 is 0 Å². The quantitative estimate of drug-likeness (QED) is 0.656. The molecule has 1 atom stereocenters. The van der Waals surface area contributed by atoms with Crippen molar-refractivity contribution in [1.82, 2.24) is 10.2 Å². The Morgan fingerprint density at radius 2 is 1.84 bits per heavy atom. The third-order valence-electron chi connectivity index (χ3n) is 3.09. The van der Waals surface area contributed by atoms with Crippen LogP contribution in [0.3, 0.4) is 0 Å². The van der Waals surface area contributed by atoms with Crippen molar-refractivity contribution in [2.24, 2.45) is 17.6 Å². The minimum absolute atomic E-state index is 0.00833. The normalized spacial score (nSPS) is 12.3. The fourth-order valence-corrected chi connectivity index (χ4v) is 1.92. The first-order chi connectivity index (χ1) is 8.97. The molecule has 1 unspecified atom stereocenters. The van der Waals surface area contributed by atoms with Crippen molar-refractivity contribution in [3.8, 4) is 0 Å². The molecule has 112 valence electrons. The third kappa shape index (κ3) is 6.57. The Balaban J connectivity index is 4.61. The van der Waals surface area contributed by atoms with Crippen LogP contribution in [0.4, 0.5) is 0 Å². The molecule has 0 fully saturated rings. The third-order valence-corrected chi connectivity index (χ3v) is 3.09. The number of nitrogens with two attached hydrogens (primary N) is 1. The average Bonchev–Trinajstić information content (AvgIpc) is 2.36. The molecule has 5 heteroatoms. The Labute approximate surface area is 116 Å². The zero-order valence-electron chi connectivity index (χ0n) is 12.7. The van der Waals surface area contributed by atoms with Gasteiger partial charge < -0.3 is 16.0 Å². The number of hydrogen-bond donors (Lipinski definition) is 2. The van der Waals surface area contributed by atoms with E-state index in [9.17, 15) is 9.59 Å². The van der Waals surface area contributed by atoms with Crippen molar-refractivity contribution >= 4 is 11.8 Å². The molecule has 0 aromatic rings. The summed E-state index contributed by atoms with van der Waals surface area (Å²) in [5.74, 6) is -0.115.